The third-order valence-corrected chi connectivity index (χ3v) is 3.84. The fourth-order valence-corrected chi connectivity index (χ4v) is 2.06. The first-order chi connectivity index (χ1) is 11.1. The van der Waals surface area contributed by atoms with E-state index in [1.54, 1.807) is 18.2 Å². The highest BCUT2D eigenvalue weighted by Crippen LogP contribution is 2.16. The molecule has 0 saturated carbocycles. The predicted molar refractivity (Wildman–Crippen MR) is 90.4 cm³/mol. The number of rotatable bonds is 7. The first-order valence-corrected chi connectivity index (χ1v) is 7.78. The Labute approximate surface area is 137 Å². The quantitative estimate of drug-likeness (QED) is 0.826. The average molecular weight is 313 g/mol. The van der Waals surface area contributed by atoms with Crippen LogP contribution in [-0.2, 0) is 6.61 Å². The zero-order valence-corrected chi connectivity index (χ0v) is 13.5. The van der Waals surface area contributed by atoms with Gasteiger partial charge in [0.15, 0.2) is 0 Å². The van der Waals surface area contributed by atoms with Crippen molar-refractivity contribution in [3.63, 3.8) is 0 Å². The van der Waals surface area contributed by atoms with Crippen LogP contribution in [0.4, 0.5) is 0 Å². The van der Waals surface area contributed by atoms with Crippen LogP contribution >= 0.6 is 0 Å². The molecule has 1 amide bonds. The first-order valence-electron chi connectivity index (χ1n) is 7.78. The minimum absolute atomic E-state index is 0.0106. The van der Waals surface area contributed by atoms with E-state index in [1.165, 1.54) is 0 Å². The minimum Gasteiger partial charge on any atom is -0.489 e. The van der Waals surface area contributed by atoms with E-state index in [2.05, 4.69) is 5.32 Å². The van der Waals surface area contributed by atoms with Crippen molar-refractivity contribution in [2.24, 2.45) is 5.92 Å². The fraction of sp³-hybridized carbons (Fsp3) is 0.316. The largest absolute Gasteiger partial charge is 0.489 e. The molecule has 2 aromatic carbocycles. The van der Waals surface area contributed by atoms with E-state index in [9.17, 15) is 4.79 Å². The predicted octanol–water partition coefficient (Wildman–Crippen LogP) is 3.01. The van der Waals surface area contributed by atoms with E-state index in [0.29, 0.717) is 17.9 Å². The molecule has 0 spiro atoms. The molecule has 0 fully saturated rings. The number of aliphatic hydroxyl groups excluding tert-OH is 1. The van der Waals surface area contributed by atoms with Crippen molar-refractivity contribution >= 4 is 5.91 Å². The maximum atomic E-state index is 12.3. The van der Waals surface area contributed by atoms with E-state index in [0.717, 1.165) is 5.56 Å². The minimum atomic E-state index is -0.164. The van der Waals surface area contributed by atoms with Gasteiger partial charge in [0.05, 0.1) is 0 Å². The molecule has 2 unspecified atom stereocenters. The van der Waals surface area contributed by atoms with E-state index in [1.807, 2.05) is 50.2 Å². The Morgan fingerprint density at radius 3 is 2.57 bits per heavy atom. The molecule has 0 aliphatic rings. The van der Waals surface area contributed by atoms with E-state index in [-0.39, 0.29) is 24.5 Å². The number of ether oxygens (including phenoxy) is 1. The second kappa shape index (κ2) is 8.34. The Bertz CT molecular complexity index is 628. The van der Waals surface area contributed by atoms with Crippen molar-refractivity contribution in [3.8, 4) is 5.75 Å². The number of hydrogen-bond donors (Lipinski definition) is 2. The standard InChI is InChI=1S/C19H23NO3/c1-14(12-21)15(2)20-19(22)17-9-6-10-18(11-17)23-13-16-7-4-3-5-8-16/h3-11,14-15,21H,12-13H2,1-2H3,(H,20,22). The highest BCUT2D eigenvalue weighted by molar-refractivity contribution is 5.94. The number of hydrogen-bond acceptors (Lipinski definition) is 3. The maximum absolute atomic E-state index is 12.3. The Morgan fingerprint density at radius 1 is 1.13 bits per heavy atom. The summed E-state index contributed by atoms with van der Waals surface area (Å²) in [4.78, 5) is 12.3. The molecule has 4 heteroatoms. The van der Waals surface area contributed by atoms with Crippen molar-refractivity contribution in [1.82, 2.24) is 5.32 Å². The molecule has 2 atom stereocenters. The second-order valence-electron chi connectivity index (χ2n) is 5.72. The zero-order chi connectivity index (χ0) is 16.7. The molecule has 2 rings (SSSR count). The van der Waals surface area contributed by atoms with Crippen molar-refractivity contribution in [3.05, 3.63) is 65.7 Å². The summed E-state index contributed by atoms with van der Waals surface area (Å²) < 4.78 is 5.74. The molecule has 2 aromatic rings. The summed E-state index contributed by atoms with van der Waals surface area (Å²) in [6.45, 7) is 4.28. The van der Waals surface area contributed by atoms with Gasteiger partial charge in [-0.25, -0.2) is 0 Å². The SMILES string of the molecule is CC(CO)C(C)NC(=O)c1cccc(OCc2ccccc2)c1. The molecule has 0 saturated heterocycles. The average Bonchev–Trinajstić information content (AvgIpc) is 2.60. The van der Waals surface area contributed by atoms with Crippen LogP contribution < -0.4 is 10.1 Å². The first kappa shape index (κ1) is 17.0. The van der Waals surface area contributed by atoms with Gasteiger partial charge in [-0.15, -0.1) is 0 Å². The lowest BCUT2D eigenvalue weighted by atomic mass is 10.0. The molecule has 0 aliphatic heterocycles. The van der Waals surface area contributed by atoms with Crippen molar-refractivity contribution in [1.29, 1.82) is 0 Å². The maximum Gasteiger partial charge on any atom is 0.251 e. The van der Waals surface area contributed by atoms with Crippen LogP contribution in [0.15, 0.2) is 54.6 Å². The van der Waals surface area contributed by atoms with E-state index >= 15 is 0 Å². The summed E-state index contributed by atoms with van der Waals surface area (Å²) in [5, 5.41) is 12.0. The van der Waals surface area contributed by atoms with Gasteiger partial charge in [0, 0.05) is 18.2 Å². The Hall–Kier alpha value is -2.33. The Kier molecular flexibility index (Phi) is 6.18. The monoisotopic (exact) mass is 313 g/mol. The molecule has 23 heavy (non-hydrogen) atoms. The summed E-state index contributed by atoms with van der Waals surface area (Å²) in [6, 6.07) is 16.9. The number of carbonyl (C=O) groups excluding carboxylic acids is 1. The Balaban J connectivity index is 1.97. The second-order valence-corrected chi connectivity index (χ2v) is 5.72. The summed E-state index contributed by atoms with van der Waals surface area (Å²) in [5.41, 5.74) is 1.63. The van der Waals surface area contributed by atoms with Gasteiger partial charge in [0.2, 0.25) is 0 Å². The molecule has 4 nitrogen and oxygen atoms in total. The van der Waals surface area contributed by atoms with Crippen LogP contribution in [0.25, 0.3) is 0 Å². The third kappa shape index (κ3) is 5.11. The van der Waals surface area contributed by atoms with E-state index < -0.39 is 0 Å². The summed E-state index contributed by atoms with van der Waals surface area (Å²) >= 11 is 0. The lowest BCUT2D eigenvalue weighted by molar-refractivity contribution is 0.0916. The van der Waals surface area contributed by atoms with Crippen LogP contribution in [0.2, 0.25) is 0 Å². The molecule has 0 radical (unpaired) electrons. The molecular formula is C19H23NO3. The summed E-state index contributed by atoms with van der Waals surface area (Å²) in [6.07, 6.45) is 0. The van der Waals surface area contributed by atoms with Gasteiger partial charge in [-0.3, -0.25) is 4.79 Å². The third-order valence-electron chi connectivity index (χ3n) is 3.84. The van der Waals surface area contributed by atoms with Gasteiger partial charge in [-0.05, 0) is 36.6 Å². The zero-order valence-electron chi connectivity index (χ0n) is 13.5. The fourth-order valence-electron chi connectivity index (χ4n) is 2.06. The normalized spacial score (nSPS) is 13.2. The highest BCUT2D eigenvalue weighted by atomic mass is 16.5. The topological polar surface area (TPSA) is 58.6 Å². The molecule has 122 valence electrons. The molecule has 0 aromatic heterocycles. The number of amides is 1. The molecular weight excluding hydrogens is 290 g/mol. The van der Waals surface area contributed by atoms with Gasteiger partial charge in [-0.1, -0.05) is 43.3 Å². The number of benzene rings is 2. The van der Waals surface area contributed by atoms with Crippen molar-refractivity contribution in [2.75, 3.05) is 6.61 Å². The van der Waals surface area contributed by atoms with Crippen molar-refractivity contribution < 1.29 is 14.6 Å². The lowest BCUT2D eigenvalue weighted by Gasteiger charge is -2.19. The van der Waals surface area contributed by atoms with E-state index in [4.69, 9.17) is 9.84 Å². The summed E-state index contributed by atoms with van der Waals surface area (Å²) in [7, 11) is 0. The molecule has 0 heterocycles. The van der Waals surface area contributed by atoms with Crippen LogP contribution in [0, 0.1) is 5.92 Å². The number of carbonyl (C=O) groups is 1. The van der Waals surface area contributed by atoms with Crippen LogP contribution in [0.3, 0.4) is 0 Å². The smallest absolute Gasteiger partial charge is 0.251 e. The van der Waals surface area contributed by atoms with Crippen LogP contribution in [0.1, 0.15) is 29.8 Å². The lowest BCUT2D eigenvalue weighted by Crippen LogP contribution is -2.38. The van der Waals surface area contributed by atoms with Crippen LogP contribution in [0.5, 0.6) is 5.75 Å². The van der Waals surface area contributed by atoms with Gasteiger partial charge < -0.3 is 15.2 Å². The number of nitrogens with one attached hydrogen (secondary N) is 1. The van der Waals surface area contributed by atoms with Crippen LogP contribution in [-0.4, -0.2) is 23.7 Å². The molecule has 0 aliphatic carbocycles. The van der Waals surface area contributed by atoms with Gasteiger partial charge in [0.25, 0.3) is 5.91 Å². The molecule has 0 bridgehead atoms. The van der Waals surface area contributed by atoms with Crippen molar-refractivity contribution in [2.45, 2.75) is 26.5 Å². The molecule has 2 N–H and O–H groups in total. The van der Waals surface area contributed by atoms with Gasteiger partial charge in [-0.2, -0.15) is 0 Å². The summed E-state index contributed by atoms with van der Waals surface area (Å²) in [5.74, 6) is 0.504. The van der Waals surface area contributed by atoms with Gasteiger partial charge >= 0.3 is 0 Å². The number of aliphatic hydroxyl groups is 1. The van der Waals surface area contributed by atoms with Gasteiger partial charge in [0.1, 0.15) is 12.4 Å². The Morgan fingerprint density at radius 2 is 1.87 bits per heavy atom. The highest BCUT2D eigenvalue weighted by Gasteiger charge is 2.15.